The van der Waals surface area contributed by atoms with Gasteiger partial charge in [0.15, 0.2) is 0 Å². The highest BCUT2D eigenvalue weighted by molar-refractivity contribution is 7.98. The van der Waals surface area contributed by atoms with Crippen LogP contribution in [0.2, 0.25) is 0 Å². The van der Waals surface area contributed by atoms with Crippen molar-refractivity contribution < 1.29 is 87.5 Å². The number of thioether (sulfide) groups is 1. The van der Waals surface area contributed by atoms with Gasteiger partial charge in [-0.1, -0.05) is 55.4 Å². The van der Waals surface area contributed by atoms with Gasteiger partial charge in [0.1, 0.15) is 60.4 Å². The fourth-order valence-corrected chi connectivity index (χ4v) is 8.51. The van der Waals surface area contributed by atoms with Gasteiger partial charge in [-0.15, -0.1) is 0 Å². The first kappa shape index (κ1) is 77.8. The van der Waals surface area contributed by atoms with Crippen LogP contribution in [-0.2, 0) is 67.1 Å². The Morgan fingerprint density at radius 1 is 0.424 bits per heavy atom. The topological polar surface area (TPSA) is 544 Å². The van der Waals surface area contributed by atoms with E-state index in [1.165, 1.54) is 39.5 Å². The fraction of sp³-hybridized carbons (Fsp3) is 0.731. The molecule has 0 aliphatic rings. The van der Waals surface area contributed by atoms with Crippen molar-refractivity contribution >= 4 is 94.6 Å². The third kappa shape index (κ3) is 30.4. The van der Waals surface area contributed by atoms with Crippen LogP contribution in [0, 0.1) is 23.7 Å². The zero-order valence-electron chi connectivity index (χ0n) is 49.8. The van der Waals surface area contributed by atoms with Gasteiger partial charge in [-0.25, -0.2) is 4.79 Å². The van der Waals surface area contributed by atoms with Crippen LogP contribution < -0.4 is 76.1 Å². The van der Waals surface area contributed by atoms with Crippen LogP contribution in [0.4, 0.5) is 0 Å². The summed E-state index contributed by atoms with van der Waals surface area (Å²) in [5, 5.41) is 62.9. The maximum absolute atomic E-state index is 13.9. The second kappa shape index (κ2) is 40.2. The van der Waals surface area contributed by atoms with E-state index >= 15 is 0 Å². The van der Waals surface area contributed by atoms with Gasteiger partial charge in [-0.3, -0.25) is 62.3 Å². The number of hydrogen-bond acceptors (Lipinski definition) is 19. The van der Waals surface area contributed by atoms with Gasteiger partial charge < -0.3 is 96.5 Å². The summed E-state index contributed by atoms with van der Waals surface area (Å²) >= 11 is 1.47. The first-order chi connectivity index (χ1) is 39.6. The van der Waals surface area contributed by atoms with Crippen LogP contribution in [0.3, 0.4) is 0 Å². The Bertz CT molecular complexity index is 2290. The average Bonchev–Trinajstić information content (AvgIpc) is 3.62. The van der Waals surface area contributed by atoms with E-state index in [-0.39, 0.29) is 31.1 Å². The number of hydrogen-bond donors (Lipinski definition) is 18. The summed E-state index contributed by atoms with van der Waals surface area (Å²) in [6.07, 6.45) is -0.0529. The number of nitrogens with two attached hydrogens (primary N) is 4. The number of aliphatic hydroxyl groups excluding tert-OH is 2. The van der Waals surface area contributed by atoms with E-state index in [0.29, 0.717) is 31.6 Å². The Kier molecular flexibility index (Phi) is 36.7. The van der Waals surface area contributed by atoms with E-state index < -0.39 is 200 Å². The maximum atomic E-state index is 13.9. The highest BCUT2D eigenvalue weighted by Crippen LogP contribution is 2.13. The van der Waals surface area contributed by atoms with Crippen molar-refractivity contribution in [2.45, 2.75) is 186 Å². The molecule has 12 amide bonds. The third-order valence-corrected chi connectivity index (χ3v) is 13.3. The Labute approximate surface area is 498 Å². The molecule has 0 aromatic rings. The van der Waals surface area contributed by atoms with Gasteiger partial charge in [-0.05, 0) is 87.2 Å². The van der Waals surface area contributed by atoms with Gasteiger partial charge in [0.25, 0.3) is 0 Å². The monoisotopic (exact) mass is 1230 g/mol. The lowest BCUT2D eigenvalue weighted by atomic mass is 10.00. The molecule has 32 nitrogen and oxygen atoms in total. The molecule has 0 fully saturated rings. The lowest BCUT2D eigenvalue weighted by molar-refractivity contribution is -0.143. The zero-order valence-corrected chi connectivity index (χ0v) is 50.6. The minimum atomic E-state index is -1.99. The molecule has 0 rings (SSSR count). The van der Waals surface area contributed by atoms with Gasteiger partial charge in [0, 0.05) is 6.42 Å². The zero-order chi connectivity index (χ0) is 65.4. The van der Waals surface area contributed by atoms with Crippen molar-refractivity contribution in [1.29, 1.82) is 0 Å². The van der Waals surface area contributed by atoms with Crippen LogP contribution in [0.25, 0.3) is 0 Å². The van der Waals surface area contributed by atoms with Crippen molar-refractivity contribution in [2.24, 2.45) is 46.6 Å². The van der Waals surface area contributed by atoms with Crippen LogP contribution in [0.1, 0.15) is 120 Å². The average molecular weight is 1230 g/mol. The second-order valence-corrected chi connectivity index (χ2v) is 22.8. The van der Waals surface area contributed by atoms with Gasteiger partial charge >= 0.3 is 11.9 Å². The van der Waals surface area contributed by atoms with Crippen molar-refractivity contribution in [1.82, 2.24) is 53.2 Å². The highest BCUT2D eigenvalue weighted by Gasteiger charge is 2.38. The van der Waals surface area contributed by atoms with E-state index in [9.17, 15) is 87.5 Å². The van der Waals surface area contributed by atoms with Crippen LogP contribution in [-0.4, -0.2) is 201 Å². The van der Waals surface area contributed by atoms with Gasteiger partial charge in [-0.2, -0.15) is 11.8 Å². The molecule has 0 aromatic heterocycles. The van der Waals surface area contributed by atoms with Crippen LogP contribution in [0.15, 0.2) is 0 Å². The Morgan fingerprint density at radius 2 is 0.765 bits per heavy atom. The number of carboxylic acids is 2. The largest absolute Gasteiger partial charge is 0.481 e. The molecule has 0 saturated carbocycles. The maximum Gasteiger partial charge on any atom is 0.326 e. The number of aliphatic hydroxyl groups is 2. The van der Waals surface area contributed by atoms with Gasteiger partial charge in [0.05, 0.1) is 32.1 Å². The number of carbonyl (C=O) groups is 14. The summed E-state index contributed by atoms with van der Waals surface area (Å²) in [6.45, 7) is 10.7. The molecule has 22 N–H and O–H groups in total. The number of carboxylic acid groups (broad SMARTS) is 2. The molecular weight excluding hydrogens is 1140 g/mol. The standard InChI is InChI=1S/C52H92N14O18S/c1-24(2)18-31(59-43(74)29(12-10-11-16-53)57-42(73)28(54)15-17-85-9)45(76)61-34(21-38(56)70)48(79)65-40(26(5)6)51(82)64-36(23-68)49(80)58-30(13-14-39(71)72)44(75)63-35(22-67)50(81)62-33(20-37(55)69)46(77)60-32(19-25(3)4)47(78)66-41(27(7)8)52(83)84/h24-36,40-41,67-68H,10-23,53-54H2,1-9H3,(H2,55,69)(H2,56,70)(H,57,73)(H,58,80)(H,59,74)(H,60,77)(H,61,76)(H,62,81)(H,63,75)(H,64,82)(H,65,79)(H,66,78)(H,71,72)(H,83,84)/t28-,29-,30-,31-,32-,33-,34-,35-,36-,40-,41-/m0/s1. The number of amides is 12. The summed E-state index contributed by atoms with van der Waals surface area (Å²) in [7, 11) is 0. The molecule has 0 radical (unpaired) electrons. The Hall–Kier alpha value is -7.23. The molecule has 484 valence electrons. The SMILES string of the molecule is CSCC[C@H](N)C(=O)N[C@@H](CCCCN)C(=O)N[C@@H](CC(C)C)C(=O)N[C@@H](CC(N)=O)C(=O)N[C@H](C(=O)N[C@@H](CO)C(=O)N[C@@H](CCC(=O)O)C(=O)N[C@@H](CO)C(=O)N[C@@H](CC(N)=O)C(=O)N[C@@H](CC(C)C)C(=O)N[C@H](C(=O)O)C(C)C)C(C)C. The lowest BCUT2D eigenvalue weighted by Gasteiger charge is -2.29. The lowest BCUT2D eigenvalue weighted by Crippen LogP contribution is -2.62. The van der Waals surface area contributed by atoms with Crippen molar-refractivity contribution in [3.05, 3.63) is 0 Å². The Balaban J connectivity index is 6.58. The first-order valence-electron chi connectivity index (χ1n) is 27.9. The van der Waals surface area contributed by atoms with Crippen molar-refractivity contribution in [3.63, 3.8) is 0 Å². The molecule has 85 heavy (non-hydrogen) atoms. The molecule has 0 aromatic carbocycles. The molecule has 0 saturated heterocycles. The number of primary amides is 2. The highest BCUT2D eigenvalue weighted by atomic mass is 32.2. The van der Waals surface area contributed by atoms with E-state index in [0.717, 1.165) is 0 Å². The number of aliphatic carboxylic acids is 2. The van der Waals surface area contributed by atoms with E-state index in [4.69, 9.17) is 22.9 Å². The quantitative estimate of drug-likeness (QED) is 0.0253. The van der Waals surface area contributed by atoms with Crippen molar-refractivity contribution in [2.75, 3.05) is 31.8 Å². The normalized spacial score (nSPS) is 15.2. The molecule has 0 spiro atoms. The molecule has 0 aliphatic heterocycles. The second-order valence-electron chi connectivity index (χ2n) is 21.9. The summed E-state index contributed by atoms with van der Waals surface area (Å²) in [5.41, 5.74) is 22.5. The molecule has 0 unspecified atom stereocenters. The third-order valence-electron chi connectivity index (χ3n) is 12.7. The van der Waals surface area contributed by atoms with Crippen LogP contribution >= 0.6 is 11.8 Å². The summed E-state index contributed by atoms with van der Waals surface area (Å²) in [5.74, 6) is -17.0. The number of unbranched alkanes of at least 4 members (excludes halogenated alkanes) is 1. The predicted octanol–water partition coefficient (Wildman–Crippen LogP) is -5.87. The summed E-state index contributed by atoms with van der Waals surface area (Å²) < 4.78 is 0. The number of carbonyl (C=O) groups excluding carboxylic acids is 12. The van der Waals surface area contributed by atoms with Gasteiger partial charge in [0.2, 0.25) is 70.9 Å². The molecule has 11 atom stereocenters. The smallest absolute Gasteiger partial charge is 0.326 e. The molecule has 33 heteroatoms. The molecule has 0 bridgehead atoms. The predicted molar refractivity (Wildman–Crippen MR) is 308 cm³/mol. The van der Waals surface area contributed by atoms with E-state index in [2.05, 4.69) is 53.2 Å². The molecule has 0 heterocycles. The summed E-state index contributed by atoms with van der Waals surface area (Å²) in [4.78, 5) is 184. The first-order valence-corrected chi connectivity index (χ1v) is 29.2. The number of nitrogens with one attached hydrogen (secondary N) is 10. The van der Waals surface area contributed by atoms with Crippen LogP contribution in [0.5, 0.6) is 0 Å². The van der Waals surface area contributed by atoms with E-state index in [1.807, 2.05) is 6.26 Å². The number of rotatable bonds is 43. The van der Waals surface area contributed by atoms with E-state index in [1.54, 1.807) is 27.7 Å². The summed E-state index contributed by atoms with van der Waals surface area (Å²) in [6, 6.07) is -17.2. The van der Waals surface area contributed by atoms with Crippen molar-refractivity contribution in [3.8, 4) is 0 Å². The minimum absolute atomic E-state index is 0.00165. The fourth-order valence-electron chi connectivity index (χ4n) is 8.02. The molecule has 0 aliphatic carbocycles. The minimum Gasteiger partial charge on any atom is -0.481 e. The Morgan fingerprint density at radius 3 is 1.15 bits per heavy atom. The molecular formula is C52H92N14O18S.